The molecule has 0 atom stereocenters. The number of fused-ring (bicyclic) bond motifs is 3. The van der Waals surface area contributed by atoms with E-state index in [2.05, 4.69) is 37.6 Å². The first-order valence-electron chi connectivity index (χ1n) is 8.69. The summed E-state index contributed by atoms with van der Waals surface area (Å²) >= 11 is 1.26. The molecule has 1 aliphatic heterocycles. The molecule has 5 nitrogen and oxygen atoms in total. The van der Waals surface area contributed by atoms with Gasteiger partial charge in [-0.1, -0.05) is 18.6 Å². The van der Waals surface area contributed by atoms with E-state index in [1.165, 1.54) is 22.6 Å². The number of rotatable bonds is 2. The van der Waals surface area contributed by atoms with Gasteiger partial charge < -0.3 is 9.88 Å². The molecule has 6 heteroatoms. The van der Waals surface area contributed by atoms with E-state index in [9.17, 15) is 4.79 Å². The molecule has 1 fully saturated rings. The number of amides is 1. The van der Waals surface area contributed by atoms with Crippen molar-refractivity contribution >= 4 is 22.9 Å². The van der Waals surface area contributed by atoms with Crippen molar-refractivity contribution in [3.8, 4) is 11.4 Å². The predicted octanol–water partition coefficient (Wildman–Crippen LogP) is 3.55. The molecule has 3 heterocycles. The van der Waals surface area contributed by atoms with Gasteiger partial charge in [0.15, 0.2) is 10.7 Å². The fourth-order valence-electron chi connectivity index (χ4n) is 3.99. The first-order chi connectivity index (χ1) is 12.3. The number of anilines is 1. The molecule has 5 rings (SSSR count). The van der Waals surface area contributed by atoms with Crippen LogP contribution in [0.1, 0.15) is 36.4 Å². The van der Waals surface area contributed by atoms with Crippen molar-refractivity contribution in [3.63, 3.8) is 0 Å². The minimum Gasteiger partial charge on any atom is -0.325 e. The van der Waals surface area contributed by atoms with Crippen LogP contribution >= 0.6 is 11.3 Å². The summed E-state index contributed by atoms with van der Waals surface area (Å²) in [6.45, 7) is 0.622. The Bertz CT molecular complexity index is 940. The molecule has 1 aliphatic carbocycles. The fraction of sp³-hybridized carbons (Fsp3) is 0.316. The Morgan fingerprint density at radius 2 is 2.00 bits per heavy atom. The van der Waals surface area contributed by atoms with Gasteiger partial charge in [-0.25, -0.2) is 0 Å². The van der Waals surface area contributed by atoms with Crippen LogP contribution in [-0.4, -0.2) is 20.7 Å². The van der Waals surface area contributed by atoms with Gasteiger partial charge in [-0.15, -0.1) is 10.2 Å². The number of aromatic nitrogens is 3. The lowest BCUT2D eigenvalue weighted by Gasteiger charge is -2.37. The Morgan fingerprint density at radius 1 is 1.12 bits per heavy atom. The number of nitrogens with zero attached hydrogens (tertiary/aromatic N) is 3. The van der Waals surface area contributed by atoms with Gasteiger partial charge in [0.05, 0.1) is 5.69 Å². The molecule has 0 radical (unpaired) electrons. The Labute approximate surface area is 149 Å². The second kappa shape index (κ2) is 5.52. The molecule has 0 saturated heterocycles. The number of benzene rings is 1. The van der Waals surface area contributed by atoms with Crippen LogP contribution in [0.25, 0.3) is 11.4 Å². The molecule has 3 aromatic rings. The van der Waals surface area contributed by atoms with Crippen LogP contribution in [-0.2, 0) is 16.8 Å². The molecule has 2 aromatic heterocycles. The van der Waals surface area contributed by atoms with Crippen LogP contribution in [0.2, 0.25) is 0 Å². The highest BCUT2D eigenvalue weighted by Crippen LogP contribution is 2.50. The summed E-state index contributed by atoms with van der Waals surface area (Å²) in [6.07, 6.45) is 3.88. The van der Waals surface area contributed by atoms with Gasteiger partial charge in [-0.3, -0.25) is 4.79 Å². The summed E-state index contributed by atoms with van der Waals surface area (Å²) in [5.41, 5.74) is 1.75. The van der Waals surface area contributed by atoms with Crippen LogP contribution in [0.15, 0.2) is 41.8 Å². The maximum atomic E-state index is 12.2. The standard InChI is InChI=1S/C19H18N4OS/c24-16-8-11-23-17(13-5-1-2-6-14(13)20-16)21-22-18(23)19(9-4-10-19)15-7-3-12-25-15/h1-3,5-7,12H,4,8-11H2,(H,20,24)/p+1. The SMILES string of the molecule is O=C1CCn2c(nnc2C2(c3ccc[sH+]3)CCC2)-c2ccccc2N1. The Balaban J connectivity index is 1.71. The summed E-state index contributed by atoms with van der Waals surface area (Å²) in [5, 5.41) is 14.4. The van der Waals surface area contributed by atoms with E-state index in [-0.39, 0.29) is 11.3 Å². The second-order valence-electron chi connectivity index (χ2n) is 6.80. The fourth-order valence-corrected chi connectivity index (χ4v) is 5.07. The van der Waals surface area contributed by atoms with E-state index >= 15 is 0 Å². The van der Waals surface area contributed by atoms with Crippen LogP contribution in [0.3, 0.4) is 0 Å². The third-order valence-corrected chi connectivity index (χ3v) is 6.61. The van der Waals surface area contributed by atoms with Crippen molar-refractivity contribution in [2.45, 2.75) is 37.6 Å². The van der Waals surface area contributed by atoms with Gasteiger partial charge in [-0.05, 0) is 48.4 Å². The van der Waals surface area contributed by atoms with Crippen molar-refractivity contribution in [1.82, 2.24) is 14.8 Å². The van der Waals surface area contributed by atoms with Gasteiger partial charge in [0.25, 0.3) is 0 Å². The van der Waals surface area contributed by atoms with Gasteiger partial charge >= 0.3 is 0 Å². The minimum atomic E-state index is -0.0130. The molecule has 2 aliphatic rings. The Hall–Kier alpha value is -2.47. The number of hydrogen-bond acceptors (Lipinski definition) is 3. The van der Waals surface area contributed by atoms with Crippen molar-refractivity contribution < 1.29 is 4.79 Å². The van der Waals surface area contributed by atoms with Crippen molar-refractivity contribution in [1.29, 1.82) is 0 Å². The number of thiophene rings is 1. The molecule has 0 spiro atoms. The summed E-state index contributed by atoms with van der Waals surface area (Å²) in [4.78, 5) is 13.7. The van der Waals surface area contributed by atoms with Gasteiger partial charge in [0.1, 0.15) is 16.6 Å². The van der Waals surface area contributed by atoms with E-state index in [0.717, 1.165) is 35.7 Å². The molecular formula is C19H19N4OS+. The molecular weight excluding hydrogens is 332 g/mol. The third kappa shape index (κ3) is 2.17. The number of carbonyl (C=O) groups excluding carboxylic acids is 1. The van der Waals surface area contributed by atoms with Crippen molar-refractivity contribution in [3.05, 3.63) is 52.5 Å². The molecule has 1 saturated carbocycles. The van der Waals surface area contributed by atoms with Gasteiger partial charge in [0, 0.05) is 18.5 Å². The highest BCUT2D eigenvalue weighted by Gasteiger charge is 2.49. The molecule has 1 amide bonds. The van der Waals surface area contributed by atoms with Crippen LogP contribution in [0.4, 0.5) is 5.69 Å². The number of para-hydroxylation sites is 1. The lowest BCUT2D eigenvalue weighted by atomic mass is 9.67. The number of nitrogens with one attached hydrogen (secondary N) is 1. The zero-order valence-corrected chi connectivity index (χ0v) is 14.7. The van der Waals surface area contributed by atoms with Crippen LogP contribution < -0.4 is 5.32 Å². The number of carbonyl (C=O) groups is 1. The monoisotopic (exact) mass is 351 g/mol. The summed E-state index contributed by atoms with van der Waals surface area (Å²) in [7, 11) is 0. The average molecular weight is 351 g/mol. The van der Waals surface area contributed by atoms with Crippen molar-refractivity contribution in [2.75, 3.05) is 5.32 Å². The lowest BCUT2D eigenvalue weighted by molar-refractivity contribution is -0.116. The summed E-state index contributed by atoms with van der Waals surface area (Å²) < 4.78 is 2.19. The molecule has 25 heavy (non-hydrogen) atoms. The van der Waals surface area contributed by atoms with Crippen LogP contribution in [0.5, 0.6) is 0 Å². The molecule has 1 aromatic carbocycles. The van der Waals surface area contributed by atoms with Gasteiger partial charge in [0.2, 0.25) is 5.91 Å². The normalized spacial score (nSPS) is 18.3. The van der Waals surface area contributed by atoms with E-state index in [1.807, 2.05) is 24.3 Å². The first kappa shape index (κ1) is 14.8. The highest BCUT2D eigenvalue weighted by atomic mass is 32.1. The average Bonchev–Trinajstić information content (AvgIpc) is 3.22. The smallest absolute Gasteiger partial charge is 0.226 e. The quantitative estimate of drug-likeness (QED) is 0.718. The van der Waals surface area contributed by atoms with E-state index in [0.29, 0.717) is 13.0 Å². The Kier molecular flexibility index (Phi) is 3.28. The molecule has 0 bridgehead atoms. The predicted molar refractivity (Wildman–Crippen MR) is 99.0 cm³/mol. The Morgan fingerprint density at radius 3 is 2.76 bits per heavy atom. The first-order valence-corrected chi connectivity index (χ1v) is 9.65. The summed E-state index contributed by atoms with van der Waals surface area (Å²) in [5.74, 6) is 1.93. The van der Waals surface area contributed by atoms with E-state index in [1.54, 1.807) is 0 Å². The maximum Gasteiger partial charge on any atom is 0.226 e. The zero-order valence-electron chi connectivity index (χ0n) is 13.8. The highest BCUT2D eigenvalue weighted by molar-refractivity contribution is 7.10. The molecule has 0 unspecified atom stereocenters. The second-order valence-corrected chi connectivity index (χ2v) is 7.84. The largest absolute Gasteiger partial charge is 0.325 e. The lowest BCUT2D eigenvalue weighted by Crippen LogP contribution is -2.38. The van der Waals surface area contributed by atoms with Crippen molar-refractivity contribution in [2.24, 2.45) is 0 Å². The van der Waals surface area contributed by atoms with Gasteiger partial charge in [-0.2, -0.15) is 0 Å². The molecule has 1 N–H and O–H groups in total. The minimum absolute atomic E-state index is 0.0130. The molecule has 126 valence electrons. The van der Waals surface area contributed by atoms with E-state index < -0.39 is 0 Å². The third-order valence-electron chi connectivity index (χ3n) is 5.43. The topological polar surface area (TPSA) is 59.8 Å². The maximum absolute atomic E-state index is 12.2. The number of hydrogen-bond donors (Lipinski definition) is 1. The van der Waals surface area contributed by atoms with Crippen LogP contribution in [0, 0.1) is 0 Å². The van der Waals surface area contributed by atoms with E-state index in [4.69, 9.17) is 0 Å². The summed E-state index contributed by atoms with van der Waals surface area (Å²) in [6, 6.07) is 12.2. The zero-order chi connectivity index (χ0) is 16.9.